The van der Waals surface area contributed by atoms with E-state index in [2.05, 4.69) is 4.74 Å². The van der Waals surface area contributed by atoms with E-state index >= 15 is 0 Å². The molecule has 4 fully saturated rings. The summed E-state index contributed by atoms with van der Waals surface area (Å²) in [5.74, 6) is -0.194. The lowest BCUT2D eigenvalue weighted by molar-refractivity contribution is -0.305. The highest BCUT2D eigenvalue weighted by molar-refractivity contribution is 7.86. The summed E-state index contributed by atoms with van der Waals surface area (Å²) >= 11 is 0. The van der Waals surface area contributed by atoms with Gasteiger partial charge in [0, 0.05) is 0 Å². The summed E-state index contributed by atoms with van der Waals surface area (Å²) in [6.07, 6.45) is -6.05. The number of halogens is 2. The van der Waals surface area contributed by atoms with Crippen molar-refractivity contribution in [2.24, 2.45) is 17.3 Å². The zero-order valence-electron chi connectivity index (χ0n) is 16.0. The molecule has 4 rings (SSSR count). The molecule has 4 bridgehead atoms. The molecular formula is C17H26F2O10S. The summed E-state index contributed by atoms with van der Waals surface area (Å²) in [6, 6.07) is 0. The molecule has 4 aliphatic rings. The van der Waals surface area contributed by atoms with Crippen molar-refractivity contribution < 1.29 is 56.4 Å². The van der Waals surface area contributed by atoms with Gasteiger partial charge in [-0.25, -0.2) is 0 Å². The summed E-state index contributed by atoms with van der Waals surface area (Å²) in [5.41, 5.74) is -4.99. The number of carbonyl (C=O) groups is 1. The van der Waals surface area contributed by atoms with Crippen molar-refractivity contribution in [3.63, 3.8) is 0 Å². The first-order chi connectivity index (χ1) is 13.7. The van der Waals surface area contributed by atoms with Gasteiger partial charge in [0.15, 0.2) is 6.10 Å². The molecule has 4 saturated carbocycles. The average molecular weight is 460 g/mol. The summed E-state index contributed by atoms with van der Waals surface area (Å²) in [5, 5.41) is 38.6. The van der Waals surface area contributed by atoms with E-state index < -0.39 is 64.1 Å². The third-order valence-electron chi connectivity index (χ3n) is 6.26. The largest absolute Gasteiger partial charge is 0.462 e. The van der Waals surface area contributed by atoms with Crippen LogP contribution in [0, 0.1) is 17.3 Å². The number of aliphatic hydroxyl groups is 4. The minimum atomic E-state index is -5.38. The molecule has 5 atom stereocenters. The zero-order valence-corrected chi connectivity index (χ0v) is 16.8. The minimum Gasteiger partial charge on any atom is -0.462 e. The quantitative estimate of drug-likeness (QED) is 0.221. The molecule has 4 aliphatic carbocycles. The molecule has 0 aliphatic heterocycles. The number of ether oxygens (including phenoxy) is 2. The van der Waals surface area contributed by atoms with Crippen molar-refractivity contribution >= 4 is 16.1 Å². The van der Waals surface area contributed by atoms with Crippen LogP contribution in [-0.2, 0) is 24.4 Å². The smallest absolute Gasteiger partial charge is 0.385 e. The van der Waals surface area contributed by atoms with Crippen LogP contribution in [0.2, 0.25) is 0 Å². The van der Waals surface area contributed by atoms with Crippen molar-refractivity contribution in [2.45, 2.75) is 67.9 Å². The van der Waals surface area contributed by atoms with Gasteiger partial charge in [0.2, 0.25) is 5.44 Å². The Labute approximate surface area is 171 Å². The Morgan fingerprint density at radius 3 is 2.17 bits per heavy atom. The van der Waals surface area contributed by atoms with Crippen LogP contribution in [-0.4, -0.2) is 81.9 Å². The van der Waals surface area contributed by atoms with Crippen molar-refractivity contribution in [2.75, 3.05) is 13.2 Å². The fourth-order valence-electron chi connectivity index (χ4n) is 5.45. The van der Waals surface area contributed by atoms with Crippen LogP contribution in [0.1, 0.15) is 38.5 Å². The Balaban J connectivity index is 1.50. The highest BCUT2D eigenvalue weighted by Gasteiger charge is 2.61. The normalized spacial score (nSPS) is 36.4. The summed E-state index contributed by atoms with van der Waals surface area (Å²) in [6.45, 7) is -1.85. The van der Waals surface area contributed by atoms with Gasteiger partial charge in [-0.3, -0.25) is 9.35 Å². The van der Waals surface area contributed by atoms with E-state index in [1.54, 1.807) is 0 Å². The van der Waals surface area contributed by atoms with E-state index in [1.807, 2.05) is 0 Å². The molecule has 0 saturated heterocycles. The summed E-state index contributed by atoms with van der Waals surface area (Å²) in [4.78, 5) is 12.7. The molecule has 0 aromatic heterocycles. The van der Waals surface area contributed by atoms with Crippen LogP contribution < -0.4 is 0 Å². The van der Waals surface area contributed by atoms with Gasteiger partial charge in [-0.1, -0.05) is 0 Å². The average Bonchev–Trinajstić information content (AvgIpc) is 2.60. The Kier molecular flexibility index (Phi) is 6.22. The highest BCUT2D eigenvalue weighted by atomic mass is 32.2. The lowest BCUT2D eigenvalue weighted by Crippen LogP contribution is -2.58. The van der Waals surface area contributed by atoms with Crippen molar-refractivity contribution in [3.05, 3.63) is 0 Å². The van der Waals surface area contributed by atoms with E-state index in [9.17, 15) is 37.3 Å². The second kappa shape index (κ2) is 7.87. The number of aliphatic hydroxyl groups excluding tert-OH is 3. The molecule has 0 heterocycles. The van der Waals surface area contributed by atoms with Gasteiger partial charge in [0.25, 0.3) is 10.1 Å². The van der Waals surface area contributed by atoms with Gasteiger partial charge in [-0.05, 0) is 50.4 Å². The van der Waals surface area contributed by atoms with Gasteiger partial charge >= 0.3 is 12.1 Å². The van der Waals surface area contributed by atoms with E-state index in [-0.39, 0.29) is 18.3 Å². The standard InChI is InChI=1S/C17H26F2O10S/c18-17(19,12(21)13(22)30(25,26)27)29-7-11(20)6-28-14(23)15-2-9-1-10(3-15)5-16(24,4-9)8-15/h9-13,20-22,24H,1-8H2,(H,25,26,27). The molecule has 5 unspecified atom stereocenters. The molecule has 0 aromatic rings. The van der Waals surface area contributed by atoms with Gasteiger partial charge in [0.05, 0.1) is 17.6 Å². The second-order valence-corrected chi connectivity index (χ2v) is 10.5. The predicted molar refractivity (Wildman–Crippen MR) is 93.5 cm³/mol. The fraction of sp³-hybridized carbons (Fsp3) is 0.941. The molecule has 0 amide bonds. The SMILES string of the molecule is O=C(OCC(O)COC(F)(F)C(O)C(O)S(=O)(=O)O)C12CC3CC(CC(O)(C3)C1)C2. The van der Waals surface area contributed by atoms with E-state index in [0.717, 1.165) is 6.42 Å². The Bertz CT molecular complexity index is 759. The maximum Gasteiger partial charge on any atom is 0.385 e. The minimum absolute atomic E-state index is 0.214. The van der Waals surface area contributed by atoms with Crippen molar-refractivity contribution in [3.8, 4) is 0 Å². The highest BCUT2D eigenvalue weighted by Crippen LogP contribution is 2.61. The molecule has 10 nitrogen and oxygen atoms in total. The lowest BCUT2D eigenvalue weighted by Gasteiger charge is -2.58. The predicted octanol–water partition coefficient (Wildman–Crippen LogP) is -0.602. The number of alkyl halides is 2. The first-order valence-corrected chi connectivity index (χ1v) is 11.1. The van der Waals surface area contributed by atoms with Crippen LogP contribution in [0.3, 0.4) is 0 Å². The van der Waals surface area contributed by atoms with Gasteiger partial charge in [0.1, 0.15) is 12.7 Å². The summed E-state index contributed by atoms with van der Waals surface area (Å²) < 4.78 is 66.2. The number of hydrogen-bond donors (Lipinski definition) is 5. The lowest BCUT2D eigenvalue weighted by atomic mass is 9.48. The van der Waals surface area contributed by atoms with Crippen LogP contribution in [0.5, 0.6) is 0 Å². The number of hydrogen-bond acceptors (Lipinski definition) is 9. The van der Waals surface area contributed by atoms with E-state index in [1.165, 1.54) is 0 Å². The van der Waals surface area contributed by atoms with Crippen LogP contribution in [0.15, 0.2) is 0 Å². The second-order valence-electron chi connectivity index (χ2n) is 8.94. The topological polar surface area (TPSA) is 171 Å². The Morgan fingerprint density at radius 2 is 1.67 bits per heavy atom. The molecule has 0 radical (unpaired) electrons. The summed E-state index contributed by atoms with van der Waals surface area (Å²) in [7, 11) is -5.38. The van der Waals surface area contributed by atoms with Crippen molar-refractivity contribution in [1.82, 2.24) is 0 Å². The third-order valence-corrected chi connectivity index (χ3v) is 7.13. The fourth-order valence-corrected chi connectivity index (χ4v) is 5.93. The molecule has 30 heavy (non-hydrogen) atoms. The first-order valence-electron chi connectivity index (χ1n) is 9.58. The Hall–Kier alpha value is -0.960. The molecule has 13 heteroatoms. The third kappa shape index (κ3) is 4.76. The maximum absolute atomic E-state index is 13.7. The van der Waals surface area contributed by atoms with Crippen LogP contribution in [0.4, 0.5) is 8.78 Å². The zero-order chi connectivity index (χ0) is 22.5. The monoisotopic (exact) mass is 460 g/mol. The van der Waals surface area contributed by atoms with Gasteiger partial charge < -0.3 is 29.9 Å². The number of carbonyl (C=O) groups excluding carboxylic acids is 1. The molecular weight excluding hydrogens is 434 g/mol. The van der Waals surface area contributed by atoms with E-state index in [4.69, 9.17) is 14.4 Å². The van der Waals surface area contributed by atoms with Gasteiger partial charge in [-0.2, -0.15) is 17.2 Å². The maximum atomic E-state index is 13.7. The Morgan fingerprint density at radius 1 is 1.10 bits per heavy atom. The van der Waals surface area contributed by atoms with Gasteiger partial charge in [-0.15, -0.1) is 0 Å². The van der Waals surface area contributed by atoms with E-state index in [0.29, 0.717) is 25.7 Å². The first kappa shape index (κ1) is 23.7. The molecule has 0 spiro atoms. The van der Waals surface area contributed by atoms with Crippen LogP contribution >= 0.6 is 0 Å². The molecule has 174 valence electrons. The molecule has 5 N–H and O–H groups in total. The number of esters is 1. The molecule has 0 aromatic carbocycles. The van der Waals surface area contributed by atoms with Crippen molar-refractivity contribution in [1.29, 1.82) is 0 Å². The van der Waals surface area contributed by atoms with Crippen LogP contribution in [0.25, 0.3) is 0 Å². The number of rotatable bonds is 9.